The van der Waals surface area contributed by atoms with Crippen LogP contribution in [0.4, 0.5) is 5.69 Å². The van der Waals surface area contributed by atoms with Crippen LogP contribution in [0.2, 0.25) is 0 Å². The van der Waals surface area contributed by atoms with Crippen molar-refractivity contribution >= 4 is 17.5 Å². The third kappa shape index (κ3) is 7.06. The summed E-state index contributed by atoms with van der Waals surface area (Å²) in [6.45, 7) is 8.04. The summed E-state index contributed by atoms with van der Waals surface area (Å²) in [4.78, 5) is 26.2. The fourth-order valence-electron chi connectivity index (χ4n) is 3.16. The second kappa shape index (κ2) is 11.1. The van der Waals surface area contributed by atoms with Gasteiger partial charge < -0.3 is 15.5 Å². The smallest absolute Gasteiger partial charge is 0.222 e. The van der Waals surface area contributed by atoms with Crippen LogP contribution >= 0.6 is 0 Å². The highest BCUT2D eigenvalue weighted by molar-refractivity contribution is 5.79. The Balaban J connectivity index is 1.82. The maximum Gasteiger partial charge on any atom is 0.222 e. The average Bonchev–Trinajstić information content (AvgIpc) is 2.68. The summed E-state index contributed by atoms with van der Waals surface area (Å²) in [6, 6.07) is 17.9. The molecule has 1 unspecified atom stereocenters. The van der Waals surface area contributed by atoms with Crippen LogP contribution in [0.1, 0.15) is 43.9 Å². The number of nitrogens with zero attached hydrogens (tertiary/aromatic N) is 1. The van der Waals surface area contributed by atoms with E-state index in [0.717, 1.165) is 30.6 Å². The Morgan fingerprint density at radius 3 is 2.32 bits per heavy atom. The van der Waals surface area contributed by atoms with E-state index < -0.39 is 0 Å². The SMILES string of the molecule is CCN(CCCNC(=O)CC(NC(C)=O)c1ccc(C)cc1)c1ccccc1. The molecule has 0 heterocycles. The van der Waals surface area contributed by atoms with Crippen LogP contribution in [-0.2, 0) is 9.59 Å². The zero-order chi connectivity index (χ0) is 20.4. The molecule has 0 saturated heterocycles. The van der Waals surface area contributed by atoms with Crippen LogP contribution in [0.5, 0.6) is 0 Å². The van der Waals surface area contributed by atoms with Gasteiger partial charge in [-0.05, 0) is 38.0 Å². The molecule has 1 atom stereocenters. The molecule has 0 saturated carbocycles. The third-order valence-corrected chi connectivity index (χ3v) is 4.68. The lowest BCUT2D eigenvalue weighted by molar-refractivity contribution is -0.122. The maximum absolute atomic E-state index is 12.4. The van der Waals surface area contributed by atoms with Crippen LogP contribution in [-0.4, -0.2) is 31.4 Å². The highest BCUT2D eigenvalue weighted by Gasteiger charge is 2.17. The van der Waals surface area contributed by atoms with Crippen molar-refractivity contribution in [2.45, 2.75) is 39.7 Å². The number of carbonyl (C=O) groups excluding carboxylic acids is 2. The summed E-state index contributed by atoms with van der Waals surface area (Å²) < 4.78 is 0. The van der Waals surface area contributed by atoms with Gasteiger partial charge >= 0.3 is 0 Å². The average molecular weight is 382 g/mol. The fraction of sp³-hybridized carbons (Fsp3) is 0.391. The van der Waals surface area contributed by atoms with Gasteiger partial charge in [0.1, 0.15) is 0 Å². The monoisotopic (exact) mass is 381 g/mol. The minimum Gasteiger partial charge on any atom is -0.372 e. The maximum atomic E-state index is 12.4. The first-order valence-electron chi connectivity index (χ1n) is 9.90. The van der Waals surface area contributed by atoms with Crippen LogP contribution in [0.25, 0.3) is 0 Å². The minimum atomic E-state index is -0.311. The van der Waals surface area contributed by atoms with E-state index in [-0.39, 0.29) is 24.3 Å². The van der Waals surface area contributed by atoms with E-state index >= 15 is 0 Å². The summed E-state index contributed by atoms with van der Waals surface area (Å²) in [5.74, 6) is -0.193. The Bertz CT molecular complexity index is 744. The van der Waals surface area contributed by atoms with Crippen molar-refractivity contribution in [2.75, 3.05) is 24.5 Å². The Morgan fingerprint density at radius 2 is 1.71 bits per heavy atom. The van der Waals surface area contributed by atoms with Crippen molar-refractivity contribution in [3.05, 3.63) is 65.7 Å². The standard InChI is InChI=1S/C23H31N3O2/c1-4-26(21-9-6-5-7-10-21)16-8-15-24-23(28)17-22(25-19(3)27)20-13-11-18(2)12-14-20/h5-7,9-14,22H,4,8,15-17H2,1-3H3,(H,24,28)(H,25,27). The van der Waals surface area contributed by atoms with E-state index in [2.05, 4.69) is 34.6 Å². The molecule has 28 heavy (non-hydrogen) atoms. The lowest BCUT2D eigenvalue weighted by atomic mass is 10.0. The van der Waals surface area contributed by atoms with Crippen molar-refractivity contribution in [2.24, 2.45) is 0 Å². The second-order valence-electron chi connectivity index (χ2n) is 6.99. The van der Waals surface area contributed by atoms with Crippen molar-refractivity contribution in [3.63, 3.8) is 0 Å². The van der Waals surface area contributed by atoms with Gasteiger partial charge in [0.05, 0.1) is 12.5 Å². The molecule has 2 aromatic carbocycles. The summed E-state index contributed by atoms with van der Waals surface area (Å²) in [6.07, 6.45) is 1.10. The van der Waals surface area contributed by atoms with Gasteiger partial charge in [0.15, 0.2) is 0 Å². The highest BCUT2D eigenvalue weighted by Crippen LogP contribution is 2.18. The quantitative estimate of drug-likeness (QED) is 0.618. The van der Waals surface area contributed by atoms with Gasteiger partial charge in [-0.25, -0.2) is 0 Å². The first-order chi connectivity index (χ1) is 13.5. The zero-order valence-corrected chi connectivity index (χ0v) is 17.1. The van der Waals surface area contributed by atoms with Crippen LogP contribution < -0.4 is 15.5 Å². The molecule has 0 aliphatic heterocycles. The van der Waals surface area contributed by atoms with E-state index in [1.807, 2.05) is 49.4 Å². The number of para-hydroxylation sites is 1. The molecule has 0 bridgehead atoms. The molecule has 0 aliphatic carbocycles. The van der Waals surface area contributed by atoms with Gasteiger partial charge in [0, 0.05) is 32.2 Å². The van der Waals surface area contributed by atoms with E-state index in [0.29, 0.717) is 6.54 Å². The Hall–Kier alpha value is -2.82. The topological polar surface area (TPSA) is 61.4 Å². The highest BCUT2D eigenvalue weighted by atomic mass is 16.2. The number of rotatable bonds is 10. The van der Waals surface area contributed by atoms with Gasteiger partial charge in [-0.3, -0.25) is 9.59 Å². The molecule has 2 rings (SSSR count). The molecule has 5 nitrogen and oxygen atoms in total. The van der Waals surface area contributed by atoms with E-state index in [1.54, 1.807) is 0 Å². The van der Waals surface area contributed by atoms with Gasteiger partial charge in [0.2, 0.25) is 11.8 Å². The van der Waals surface area contributed by atoms with Crippen molar-refractivity contribution in [3.8, 4) is 0 Å². The fourth-order valence-corrected chi connectivity index (χ4v) is 3.16. The number of benzene rings is 2. The molecule has 2 aromatic rings. The largest absolute Gasteiger partial charge is 0.372 e. The number of nitrogens with one attached hydrogen (secondary N) is 2. The van der Waals surface area contributed by atoms with Gasteiger partial charge in [0.25, 0.3) is 0 Å². The van der Waals surface area contributed by atoms with Crippen LogP contribution in [0.3, 0.4) is 0 Å². The number of hydrogen-bond acceptors (Lipinski definition) is 3. The summed E-state index contributed by atoms with van der Waals surface area (Å²) in [5, 5.41) is 5.86. The molecule has 0 spiro atoms. The molecule has 0 radical (unpaired) electrons. The van der Waals surface area contributed by atoms with E-state index in [1.165, 1.54) is 12.6 Å². The Labute approximate surface area is 168 Å². The number of carbonyl (C=O) groups is 2. The van der Waals surface area contributed by atoms with Crippen molar-refractivity contribution in [1.29, 1.82) is 0 Å². The van der Waals surface area contributed by atoms with Crippen molar-refractivity contribution < 1.29 is 9.59 Å². The number of aryl methyl sites for hydroxylation is 1. The lowest BCUT2D eigenvalue weighted by Crippen LogP contribution is -2.34. The van der Waals surface area contributed by atoms with E-state index in [9.17, 15) is 9.59 Å². The zero-order valence-electron chi connectivity index (χ0n) is 17.1. The summed E-state index contributed by atoms with van der Waals surface area (Å²) >= 11 is 0. The molecule has 2 N–H and O–H groups in total. The summed E-state index contributed by atoms with van der Waals surface area (Å²) in [7, 11) is 0. The second-order valence-corrected chi connectivity index (χ2v) is 6.99. The first-order valence-corrected chi connectivity index (χ1v) is 9.90. The molecule has 0 aliphatic rings. The van der Waals surface area contributed by atoms with Crippen molar-refractivity contribution in [1.82, 2.24) is 10.6 Å². The van der Waals surface area contributed by atoms with Gasteiger partial charge in [-0.2, -0.15) is 0 Å². The molecule has 2 amide bonds. The number of hydrogen-bond donors (Lipinski definition) is 2. The molecular weight excluding hydrogens is 350 g/mol. The molecule has 0 aromatic heterocycles. The minimum absolute atomic E-state index is 0.0536. The first kappa shape index (κ1) is 21.5. The molecule has 0 fully saturated rings. The predicted molar refractivity (Wildman–Crippen MR) is 114 cm³/mol. The Morgan fingerprint density at radius 1 is 1.04 bits per heavy atom. The predicted octanol–water partition coefficient (Wildman–Crippen LogP) is 3.60. The normalized spacial score (nSPS) is 11.5. The number of amides is 2. The number of anilines is 1. The van der Waals surface area contributed by atoms with Crippen LogP contribution in [0.15, 0.2) is 54.6 Å². The summed E-state index contributed by atoms with van der Waals surface area (Å²) in [5.41, 5.74) is 3.28. The molecule has 5 heteroatoms. The Kier molecular flexibility index (Phi) is 8.53. The van der Waals surface area contributed by atoms with Gasteiger partial charge in [-0.15, -0.1) is 0 Å². The molecule has 150 valence electrons. The van der Waals surface area contributed by atoms with E-state index in [4.69, 9.17) is 0 Å². The third-order valence-electron chi connectivity index (χ3n) is 4.68. The molecular formula is C23H31N3O2. The lowest BCUT2D eigenvalue weighted by Gasteiger charge is -2.23. The van der Waals surface area contributed by atoms with Gasteiger partial charge in [-0.1, -0.05) is 48.0 Å². The van der Waals surface area contributed by atoms with Crippen LogP contribution in [0, 0.1) is 6.92 Å².